The van der Waals surface area contributed by atoms with Crippen molar-refractivity contribution in [2.24, 2.45) is 4.99 Å². The Hall–Kier alpha value is -1.99. The highest BCUT2D eigenvalue weighted by Crippen LogP contribution is 2.35. The maximum Gasteiger partial charge on any atom is 0.155 e. The molecule has 0 fully saturated rings. The number of hydrogen-bond donors (Lipinski definition) is 0. The van der Waals surface area contributed by atoms with E-state index in [2.05, 4.69) is 153 Å². The van der Waals surface area contributed by atoms with Crippen molar-refractivity contribution >= 4 is 61.2 Å². The molecule has 0 saturated heterocycles. The van der Waals surface area contributed by atoms with Crippen molar-refractivity contribution in [3.05, 3.63) is 84.9 Å². The quantitative estimate of drug-likeness (QED) is 0.125. The van der Waals surface area contributed by atoms with Gasteiger partial charge in [0.2, 0.25) is 0 Å². The summed E-state index contributed by atoms with van der Waals surface area (Å²) in [6, 6.07) is 30.3. The fourth-order valence-electron chi connectivity index (χ4n) is 4.79. The smallest absolute Gasteiger partial charge is 0.155 e. The molecule has 35 heavy (non-hydrogen) atoms. The van der Waals surface area contributed by atoms with Crippen LogP contribution in [0.25, 0.3) is 0 Å². The molecule has 3 rings (SSSR count). The first-order valence-corrected chi connectivity index (χ1v) is 23.8. The molecule has 0 bridgehead atoms. The lowest BCUT2D eigenvalue weighted by Gasteiger charge is -2.47. The van der Waals surface area contributed by atoms with Crippen molar-refractivity contribution in [3.8, 4) is 0 Å². The molecule has 0 N–H and O–H groups in total. The molecule has 0 radical (unpaired) electrons. The zero-order chi connectivity index (χ0) is 25.9. The van der Waals surface area contributed by atoms with Gasteiger partial charge in [-0.1, -0.05) is 114 Å². The Bertz CT molecular complexity index is 1120. The fourth-order valence-corrected chi connectivity index (χ4v) is 18.8. The van der Waals surface area contributed by atoms with Gasteiger partial charge in [-0.25, -0.2) is 4.99 Å². The molecule has 3 aromatic carbocycles. The molecule has 3 nitrogen and oxygen atoms in total. The molecule has 186 valence electrons. The second kappa shape index (κ2) is 11.0. The number of hydrogen-bond acceptors (Lipinski definition) is 2. The van der Waals surface area contributed by atoms with Gasteiger partial charge in [0.15, 0.2) is 8.24 Å². The van der Waals surface area contributed by atoms with Crippen molar-refractivity contribution < 1.29 is 0 Å². The highest BCUT2D eigenvalue weighted by Gasteiger charge is 2.36. The number of aliphatic imine (C=N–C) groups is 1. The Kier molecular flexibility index (Phi) is 8.64. The first-order chi connectivity index (χ1) is 16.3. The van der Waals surface area contributed by atoms with Crippen LogP contribution in [0, 0.1) is 0 Å². The van der Waals surface area contributed by atoms with Crippen LogP contribution >= 0.6 is 8.58 Å². The first-order valence-electron chi connectivity index (χ1n) is 12.4. The Morgan fingerprint density at radius 1 is 0.600 bits per heavy atom. The standard InChI is InChI=1S/C28H42N3PSi3/c1-33(2,3)30(25-20-14-11-15-21-25)28(29-24-18-12-10-13-19-24)32-27-23-17-16-22-26(27)31(34(4,5)6)35(7,8)9/h10-23,32H,1-9H3. The van der Waals surface area contributed by atoms with Gasteiger partial charge in [-0.05, 0) is 38.9 Å². The van der Waals surface area contributed by atoms with E-state index in [0.717, 1.165) is 11.3 Å². The van der Waals surface area contributed by atoms with E-state index in [1.54, 1.807) is 0 Å². The lowest BCUT2D eigenvalue weighted by Crippen LogP contribution is -2.60. The van der Waals surface area contributed by atoms with Crippen molar-refractivity contribution in [1.29, 1.82) is 0 Å². The minimum absolute atomic E-state index is 0.464. The topological polar surface area (TPSA) is 18.8 Å². The van der Waals surface area contributed by atoms with Gasteiger partial charge in [0.05, 0.1) is 5.69 Å². The number of nitrogens with zero attached hydrogens (tertiary/aromatic N) is 3. The molecule has 0 spiro atoms. The molecule has 7 heteroatoms. The van der Waals surface area contributed by atoms with E-state index < -0.39 is 24.7 Å². The van der Waals surface area contributed by atoms with E-state index in [1.165, 1.54) is 16.7 Å². The molecule has 1 unspecified atom stereocenters. The number of anilines is 2. The second-order valence-corrected chi connectivity index (χ2v) is 28.0. The fraction of sp³-hybridized carbons (Fsp3) is 0.321. The van der Waals surface area contributed by atoms with Crippen molar-refractivity contribution in [3.63, 3.8) is 0 Å². The lowest BCUT2D eigenvalue weighted by molar-refractivity contribution is 1.36. The summed E-state index contributed by atoms with van der Waals surface area (Å²) in [5, 5.41) is 1.39. The van der Waals surface area contributed by atoms with Crippen LogP contribution < -0.4 is 14.1 Å². The van der Waals surface area contributed by atoms with E-state index in [4.69, 9.17) is 4.99 Å². The van der Waals surface area contributed by atoms with Crippen molar-refractivity contribution in [1.82, 2.24) is 0 Å². The molecule has 0 aliphatic carbocycles. The van der Waals surface area contributed by atoms with E-state index >= 15 is 0 Å². The molecule has 0 heterocycles. The van der Waals surface area contributed by atoms with Gasteiger partial charge >= 0.3 is 0 Å². The number of amidine groups is 1. The van der Waals surface area contributed by atoms with Gasteiger partial charge < -0.3 is 8.80 Å². The summed E-state index contributed by atoms with van der Waals surface area (Å²) in [5.41, 5.74) is 4.81. The summed E-state index contributed by atoms with van der Waals surface area (Å²) in [4.78, 5) is 5.32. The Balaban J connectivity index is 2.21. The Morgan fingerprint density at radius 3 is 1.60 bits per heavy atom. The predicted octanol–water partition coefficient (Wildman–Crippen LogP) is 8.50. The van der Waals surface area contributed by atoms with E-state index in [-0.39, 0.29) is 0 Å². The van der Waals surface area contributed by atoms with Gasteiger partial charge in [0, 0.05) is 16.7 Å². The highest BCUT2D eigenvalue weighted by atomic mass is 31.1. The average molecular weight is 536 g/mol. The van der Waals surface area contributed by atoms with Crippen LogP contribution in [-0.2, 0) is 0 Å². The maximum atomic E-state index is 5.32. The van der Waals surface area contributed by atoms with Gasteiger partial charge in [0.1, 0.15) is 22.0 Å². The zero-order valence-corrected chi connectivity index (χ0v) is 26.9. The molecular formula is C28H42N3PSi3. The first kappa shape index (κ1) is 27.6. The molecule has 1 atom stereocenters. The molecule has 0 aromatic heterocycles. The predicted molar refractivity (Wildman–Crippen MR) is 169 cm³/mol. The SMILES string of the molecule is C[Si](C)(C)N(C(=Nc1ccccc1)Pc1ccccc1N([Si](C)(C)C)[Si](C)(C)C)c1ccccc1. The van der Waals surface area contributed by atoms with E-state index in [9.17, 15) is 0 Å². The van der Waals surface area contributed by atoms with Gasteiger partial charge in [-0.2, -0.15) is 0 Å². The summed E-state index contributed by atoms with van der Waals surface area (Å²) >= 11 is 0. The van der Waals surface area contributed by atoms with Crippen LogP contribution in [0.4, 0.5) is 17.1 Å². The average Bonchev–Trinajstić information content (AvgIpc) is 2.74. The van der Waals surface area contributed by atoms with Gasteiger partial charge in [-0.15, -0.1) is 0 Å². The highest BCUT2D eigenvalue weighted by molar-refractivity contribution is 7.67. The Labute approximate surface area is 218 Å². The molecule has 0 aliphatic rings. The van der Waals surface area contributed by atoms with Gasteiger partial charge in [-0.3, -0.25) is 0 Å². The normalized spacial score (nSPS) is 13.3. The summed E-state index contributed by atoms with van der Waals surface area (Å²) in [6.07, 6.45) is 0. The molecule has 0 aliphatic heterocycles. The van der Waals surface area contributed by atoms with Gasteiger partial charge in [0.25, 0.3) is 0 Å². The zero-order valence-electron chi connectivity index (χ0n) is 22.9. The second-order valence-electron chi connectivity index (χ2n) is 11.9. The molecular weight excluding hydrogens is 494 g/mol. The molecule has 0 amide bonds. The summed E-state index contributed by atoms with van der Waals surface area (Å²) in [7, 11) is -4.52. The van der Waals surface area contributed by atoms with Crippen LogP contribution in [-0.4, -0.2) is 30.3 Å². The number of benzene rings is 3. The van der Waals surface area contributed by atoms with E-state index in [0.29, 0.717) is 8.58 Å². The largest absolute Gasteiger partial charge is 0.424 e. The summed E-state index contributed by atoms with van der Waals surface area (Å²) in [6.45, 7) is 22.1. The van der Waals surface area contributed by atoms with Crippen LogP contribution in [0.1, 0.15) is 0 Å². The lowest BCUT2D eigenvalue weighted by atomic mass is 10.3. The molecule has 0 saturated carbocycles. The van der Waals surface area contributed by atoms with Crippen LogP contribution in [0.3, 0.4) is 0 Å². The summed E-state index contributed by atoms with van der Waals surface area (Å²) < 4.78 is 5.40. The summed E-state index contributed by atoms with van der Waals surface area (Å²) in [5.74, 6) is 0. The van der Waals surface area contributed by atoms with Crippen molar-refractivity contribution in [2.45, 2.75) is 58.9 Å². The van der Waals surface area contributed by atoms with E-state index in [1.807, 2.05) is 0 Å². The van der Waals surface area contributed by atoms with Crippen LogP contribution in [0.5, 0.6) is 0 Å². The van der Waals surface area contributed by atoms with Crippen molar-refractivity contribution in [2.75, 3.05) is 8.80 Å². The van der Waals surface area contributed by atoms with Crippen LogP contribution in [0.15, 0.2) is 89.9 Å². The Morgan fingerprint density at radius 2 is 1.09 bits per heavy atom. The minimum atomic E-state index is -1.80. The third kappa shape index (κ3) is 7.26. The third-order valence-electron chi connectivity index (χ3n) is 5.62. The monoisotopic (exact) mass is 535 g/mol. The van der Waals surface area contributed by atoms with Crippen LogP contribution in [0.2, 0.25) is 58.9 Å². The number of rotatable bonds is 8. The maximum absolute atomic E-state index is 5.32. The third-order valence-corrected chi connectivity index (χ3v) is 16.1. The molecule has 3 aromatic rings. The number of para-hydroxylation sites is 3. The minimum Gasteiger partial charge on any atom is -0.424 e.